The fraction of sp³-hybridized carbons (Fsp3) is 0.323. The molecule has 2 heterocycles. The van der Waals surface area contributed by atoms with Crippen molar-refractivity contribution in [1.82, 2.24) is 4.90 Å². The van der Waals surface area contributed by atoms with Crippen molar-refractivity contribution in [3.05, 3.63) is 87.8 Å². The molecule has 1 unspecified atom stereocenters. The van der Waals surface area contributed by atoms with E-state index in [-0.39, 0.29) is 5.92 Å². The number of fused-ring (bicyclic) bond motifs is 4. The second-order valence-electron chi connectivity index (χ2n) is 10.2. The van der Waals surface area contributed by atoms with Gasteiger partial charge in [-0.1, -0.05) is 24.6 Å². The molecule has 4 aromatic rings. The molecular weight excluding hydrogens is 555 g/mol. The average molecular weight is 586 g/mol. The van der Waals surface area contributed by atoms with Gasteiger partial charge in [0.2, 0.25) is 0 Å². The molecule has 3 aromatic carbocycles. The van der Waals surface area contributed by atoms with E-state index < -0.39 is 12.1 Å². The summed E-state index contributed by atoms with van der Waals surface area (Å²) >= 11 is 1.74. The zero-order valence-corrected chi connectivity index (χ0v) is 23.0. The van der Waals surface area contributed by atoms with E-state index in [0.717, 1.165) is 29.0 Å². The maximum atomic E-state index is 10.6. The largest absolute Gasteiger partial charge is 0.508 e. The molecule has 1 atom stereocenters. The summed E-state index contributed by atoms with van der Waals surface area (Å²) < 4.78 is 38.9. The molecule has 1 aliphatic heterocycles. The van der Waals surface area contributed by atoms with Crippen molar-refractivity contribution in [3.8, 4) is 17.2 Å². The van der Waals surface area contributed by atoms with Gasteiger partial charge in [-0.3, -0.25) is 4.90 Å². The monoisotopic (exact) mass is 585 g/mol. The molecule has 41 heavy (non-hydrogen) atoms. The highest BCUT2D eigenvalue weighted by Crippen LogP contribution is 2.49. The smallest absolute Gasteiger partial charge is 0.490 e. The van der Waals surface area contributed by atoms with Gasteiger partial charge in [-0.2, -0.15) is 13.2 Å². The first-order valence-corrected chi connectivity index (χ1v) is 14.2. The van der Waals surface area contributed by atoms with Crippen LogP contribution in [0.3, 0.4) is 0 Å². The third kappa shape index (κ3) is 6.60. The summed E-state index contributed by atoms with van der Waals surface area (Å²) in [5.41, 5.74) is 4.92. The lowest BCUT2D eigenvalue weighted by molar-refractivity contribution is -0.192. The van der Waals surface area contributed by atoms with Crippen molar-refractivity contribution in [1.29, 1.82) is 0 Å². The molecular formula is C31H30F3NO5S. The van der Waals surface area contributed by atoms with Crippen molar-refractivity contribution in [2.75, 3.05) is 26.2 Å². The fourth-order valence-corrected chi connectivity index (χ4v) is 6.84. The average Bonchev–Trinajstić information content (AvgIpc) is 3.29. The molecule has 0 bridgehead atoms. The molecule has 0 spiro atoms. The Hall–Kier alpha value is -3.76. The van der Waals surface area contributed by atoms with E-state index in [2.05, 4.69) is 35.2 Å². The highest BCUT2D eigenvalue weighted by atomic mass is 32.1. The Labute approximate surface area is 239 Å². The van der Waals surface area contributed by atoms with Gasteiger partial charge in [0.1, 0.15) is 23.9 Å². The predicted molar refractivity (Wildman–Crippen MR) is 151 cm³/mol. The van der Waals surface area contributed by atoms with Crippen LogP contribution >= 0.6 is 11.3 Å². The minimum absolute atomic E-state index is 0.0834. The van der Waals surface area contributed by atoms with Crippen molar-refractivity contribution in [2.45, 2.75) is 37.8 Å². The quantitative estimate of drug-likeness (QED) is 0.208. The van der Waals surface area contributed by atoms with Crippen molar-refractivity contribution in [3.63, 3.8) is 0 Å². The number of carbonyl (C=O) groups is 1. The SMILES string of the molecule is O=C(O)C(F)(F)F.Oc1ccc2c(c1)Cc1sc3cc(O)ccc3c1C2c1ccc(OCCN2CCCCC2)cc1. The first kappa shape index (κ1) is 28.8. The van der Waals surface area contributed by atoms with E-state index in [0.29, 0.717) is 18.1 Å². The lowest BCUT2D eigenvalue weighted by Crippen LogP contribution is -2.33. The van der Waals surface area contributed by atoms with E-state index in [4.69, 9.17) is 14.6 Å². The molecule has 0 radical (unpaired) electrons. The third-order valence-electron chi connectivity index (χ3n) is 7.45. The summed E-state index contributed by atoms with van der Waals surface area (Å²) in [6.07, 6.45) is -0.333. The van der Waals surface area contributed by atoms with Crippen LogP contribution in [0.2, 0.25) is 0 Å². The maximum Gasteiger partial charge on any atom is 0.490 e. The number of carboxylic acids is 1. The number of carboxylic acid groups (broad SMARTS) is 1. The summed E-state index contributed by atoms with van der Waals surface area (Å²) in [6.45, 7) is 4.08. The second-order valence-corrected chi connectivity index (χ2v) is 11.4. The number of hydrogen-bond acceptors (Lipinski definition) is 6. The molecule has 1 aliphatic carbocycles. The highest BCUT2D eigenvalue weighted by molar-refractivity contribution is 7.19. The number of benzene rings is 3. The van der Waals surface area contributed by atoms with Gasteiger partial charge in [0, 0.05) is 28.5 Å². The molecule has 1 fully saturated rings. The van der Waals surface area contributed by atoms with E-state index >= 15 is 0 Å². The summed E-state index contributed by atoms with van der Waals surface area (Å²) in [4.78, 5) is 12.7. The van der Waals surface area contributed by atoms with Crippen LogP contribution in [-0.2, 0) is 11.2 Å². The Bertz CT molecular complexity index is 1530. The van der Waals surface area contributed by atoms with Crippen LogP contribution in [0.5, 0.6) is 17.2 Å². The third-order valence-corrected chi connectivity index (χ3v) is 8.62. The number of nitrogens with zero attached hydrogens (tertiary/aromatic N) is 1. The lowest BCUT2D eigenvalue weighted by Gasteiger charge is -2.28. The van der Waals surface area contributed by atoms with Crippen LogP contribution in [-0.4, -0.2) is 58.6 Å². The van der Waals surface area contributed by atoms with Gasteiger partial charge in [-0.05, 0) is 96.0 Å². The molecule has 1 saturated heterocycles. The molecule has 0 saturated carbocycles. The zero-order valence-electron chi connectivity index (χ0n) is 22.2. The van der Waals surface area contributed by atoms with Crippen molar-refractivity contribution < 1.29 is 38.0 Å². The molecule has 6 rings (SSSR count). The first-order valence-electron chi connectivity index (χ1n) is 13.4. The van der Waals surface area contributed by atoms with Crippen LogP contribution in [0.25, 0.3) is 10.1 Å². The molecule has 10 heteroatoms. The summed E-state index contributed by atoms with van der Waals surface area (Å²) in [7, 11) is 0. The Morgan fingerprint density at radius 1 is 0.951 bits per heavy atom. The Kier molecular flexibility index (Phi) is 8.42. The normalized spacial score (nSPS) is 16.8. The Morgan fingerprint density at radius 2 is 1.61 bits per heavy atom. The summed E-state index contributed by atoms with van der Waals surface area (Å²) in [5.74, 6) is -1.17. The summed E-state index contributed by atoms with van der Waals surface area (Å²) in [5, 5.41) is 28.5. The van der Waals surface area contributed by atoms with Gasteiger partial charge < -0.3 is 20.1 Å². The van der Waals surface area contributed by atoms with Gasteiger partial charge in [0.15, 0.2) is 0 Å². The number of ether oxygens (including phenoxy) is 1. The number of aromatic hydroxyl groups is 2. The van der Waals surface area contributed by atoms with Gasteiger partial charge >= 0.3 is 12.1 Å². The number of likely N-dealkylation sites (tertiary alicyclic amines) is 1. The lowest BCUT2D eigenvalue weighted by atomic mass is 9.76. The molecule has 6 nitrogen and oxygen atoms in total. The topological polar surface area (TPSA) is 90.2 Å². The van der Waals surface area contributed by atoms with Crippen LogP contribution in [0.4, 0.5) is 13.2 Å². The summed E-state index contributed by atoms with van der Waals surface area (Å²) in [6, 6.07) is 19.9. The van der Waals surface area contributed by atoms with Crippen molar-refractivity contribution >= 4 is 27.4 Å². The van der Waals surface area contributed by atoms with E-state index in [9.17, 15) is 23.4 Å². The predicted octanol–water partition coefficient (Wildman–Crippen LogP) is 6.89. The number of thiophene rings is 1. The fourth-order valence-electron chi connectivity index (χ4n) is 5.54. The van der Waals surface area contributed by atoms with Gasteiger partial charge in [0.05, 0.1) is 0 Å². The minimum Gasteiger partial charge on any atom is -0.508 e. The number of hydrogen-bond donors (Lipinski definition) is 3. The number of aliphatic carboxylic acids is 1. The van der Waals surface area contributed by atoms with Crippen LogP contribution < -0.4 is 4.74 Å². The Balaban J connectivity index is 0.000000431. The molecule has 0 amide bonds. The molecule has 216 valence electrons. The standard InChI is InChI=1S/C29H29NO3S.C2HF3O2/c31-21-6-10-24-20(16-21)17-27-29(25-11-7-22(32)18-26(25)34-27)28(24)19-4-8-23(9-5-19)33-15-14-30-12-2-1-3-13-30;3-2(4,5)1(6)7/h4-11,16,18,28,31-32H,1-3,12-15,17H2;(H,6,7). The van der Waals surface area contributed by atoms with Crippen LogP contribution in [0.1, 0.15) is 52.3 Å². The van der Waals surface area contributed by atoms with E-state index in [1.54, 1.807) is 23.5 Å². The number of halogens is 3. The number of alkyl halides is 3. The first-order chi connectivity index (χ1) is 19.6. The van der Waals surface area contributed by atoms with E-state index in [1.807, 2.05) is 18.2 Å². The number of phenols is 2. The second kappa shape index (κ2) is 12.0. The highest BCUT2D eigenvalue weighted by Gasteiger charge is 2.38. The van der Waals surface area contributed by atoms with Gasteiger partial charge in [-0.15, -0.1) is 11.3 Å². The van der Waals surface area contributed by atoms with Crippen molar-refractivity contribution in [2.24, 2.45) is 0 Å². The maximum absolute atomic E-state index is 10.6. The minimum atomic E-state index is -5.08. The van der Waals surface area contributed by atoms with Gasteiger partial charge in [0.25, 0.3) is 0 Å². The number of rotatable bonds is 5. The Morgan fingerprint density at radius 3 is 2.29 bits per heavy atom. The molecule has 3 N–H and O–H groups in total. The molecule has 2 aliphatic rings. The van der Waals surface area contributed by atoms with E-state index in [1.165, 1.54) is 59.3 Å². The number of piperidine rings is 1. The van der Waals surface area contributed by atoms with Gasteiger partial charge in [-0.25, -0.2) is 4.79 Å². The van der Waals surface area contributed by atoms with Crippen LogP contribution in [0.15, 0.2) is 60.7 Å². The van der Waals surface area contributed by atoms with Crippen LogP contribution in [0, 0.1) is 0 Å². The number of phenolic OH excluding ortho intramolecular Hbond substituents is 2. The molecule has 1 aromatic heterocycles. The zero-order chi connectivity index (χ0) is 29.1.